The third kappa shape index (κ3) is 2.70. The van der Waals surface area contributed by atoms with Gasteiger partial charge < -0.3 is 20.8 Å². The van der Waals surface area contributed by atoms with Crippen molar-refractivity contribution in [3.05, 3.63) is 42.6 Å². The number of nitrogens with zero attached hydrogens (tertiary/aromatic N) is 5. The molecule has 0 amide bonds. The zero-order valence-electron chi connectivity index (χ0n) is 15.3. The molecule has 4 aromatic rings. The quantitative estimate of drug-likeness (QED) is 0.564. The predicted molar refractivity (Wildman–Crippen MR) is 108 cm³/mol. The van der Waals surface area contributed by atoms with Gasteiger partial charge in [0.1, 0.15) is 28.6 Å². The first-order valence-electron chi connectivity index (χ1n) is 9.06. The van der Waals surface area contributed by atoms with Crippen LogP contribution in [-0.2, 0) is 0 Å². The number of rotatable bonds is 4. The van der Waals surface area contributed by atoms with Crippen molar-refractivity contribution in [2.24, 2.45) is 0 Å². The summed E-state index contributed by atoms with van der Waals surface area (Å²) in [5, 5.41) is 0. The van der Waals surface area contributed by atoms with Crippen LogP contribution in [0.2, 0.25) is 0 Å². The highest BCUT2D eigenvalue weighted by molar-refractivity contribution is 5.91. The van der Waals surface area contributed by atoms with E-state index in [-0.39, 0.29) is 5.95 Å². The SMILES string of the molecule is COc1cccc(-c2nc(N)nc3c2nc(-c2ccnc(N)c2)n3C2CC2)c1. The number of imidazole rings is 1. The molecule has 1 aromatic carbocycles. The van der Waals surface area contributed by atoms with Crippen LogP contribution in [0.4, 0.5) is 11.8 Å². The van der Waals surface area contributed by atoms with Crippen molar-refractivity contribution >= 4 is 22.9 Å². The number of benzene rings is 1. The van der Waals surface area contributed by atoms with E-state index < -0.39 is 0 Å². The lowest BCUT2D eigenvalue weighted by Crippen LogP contribution is -2.03. The van der Waals surface area contributed by atoms with Gasteiger partial charge in [0.15, 0.2) is 5.65 Å². The Bertz CT molecular complexity index is 1200. The number of anilines is 2. The maximum atomic E-state index is 6.07. The van der Waals surface area contributed by atoms with Gasteiger partial charge >= 0.3 is 0 Å². The molecule has 1 fully saturated rings. The molecule has 8 nitrogen and oxygen atoms in total. The van der Waals surface area contributed by atoms with E-state index in [0.717, 1.165) is 41.2 Å². The highest BCUT2D eigenvalue weighted by Gasteiger charge is 2.31. The van der Waals surface area contributed by atoms with Gasteiger partial charge in [-0.15, -0.1) is 0 Å². The van der Waals surface area contributed by atoms with Crippen molar-refractivity contribution in [1.82, 2.24) is 24.5 Å². The highest BCUT2D eigenvalue weighted by atomic mass is 16.5. The molecule has 28 heavy (non-hydrogen) atoms. The summed E-state index contributed by atoms with van der Waals surface area (Å²) in [7, 11) is 1.64. The number of hydrogen-bond acceptors (Lipinski definition) is 7. The number of aromatic nitrogens is 5. The molecule has 3 heterocycles. The smallest absolute Gasteiger partial charge is 0.222 e. The minimum absolute atomic E-state index is 0.216. The Balaban J connectivity index is 1.80. The molecule has 0 atom stereocenters. The number of pyridine rings is 1. The third-order valence-corrected chi connectivity index (χ3v) is 4.85. The van der Waals surface area contributed by atoms with Crippen molar-refractivity contribution in [3.63, 3.8) is 0 Å². The van der Waals surface area contributed by atoms with Gasteiger partial charge in [-0.25, -0.2) is 15.0 Å². The molecule has 0 radical (unpaired) electrons. The summed E-state index contributed by atoms with van der Waals surface area (Å²) in [5.74, 6) is 2.21. The van der Waals surface area contributed by atoms with Crippen LogP contribution < -0.4 is 16.2 Å². The Labute approximate surface area is 161 Å². The molecule has 1 saturated carbocycles. The molecule has 3 aromatic heterocycles. The van der Waals surface area contributed by atoms with Gasteiger partial charge in [0, 0.05) is 23.4 Å². The number of hydrogen-bond donors (Lipinski definition) is 2. The average Bonchev–Trinajstić information content (AvgIpc) is 3.47. The number of nitrogens with two attached hydrogens (primary N) is 2. The molecule has 1 aliphatic rings. The van der Waals surface area contributed by atoms with Crippen molar-refractivity contribution < 1.29 is 4.74 Å². The first kappa shape index (κ1) is 16.5. The second-order valence-corrected chi connectivity index (χ2v) is 6.84. The first-order chi connectivity index (χ1) is 13.6. The lowest BCUT2D eigenvalue weighted by molar-refractivity contribution is 0.415. The lowest BCUT2D eigenvalue weighted by atomic mass is 10.1. The van der Waals surface area contributed by atoms with E-state index in [0.29, 0.717) is 23.1 Å². The van der Waals surface area contributed by atoms with Gasteiger partial charge in [0.2, 0.25) is 5.95 Å². The van der Waals surface area contributed by atoms with Crippen LogP contribution in [0.3, 0.4) is 0 Å². The van der Waals surface area contributed by atoms with Crippen LogP contribution in [0.5, 0.6) is 5.75 Å². The van der Waals surface area contributed by atoms with E-state index in [1.165, 1.54) is 0 Å². The summed E-state index contributed by atoms with van der Waals surface area (Å²) < 4.78 is 7.50. The van der Waals surface area contributed by atoms with Gasteiger partial charge in [-0.1, -0.05) is 12.1 Å². The molecule has 0 aliphatic heterocycles. The normalized spacial score (nSPS) is 13.8. The Kier molecular flexibility index (Phi) is 3.65. The molecule has 8 heteroatoms. The van der Waals surface area contributed by atoms with Crippen LogP contribution in [0.15, 0.2) is 42.6 Å². The van der Waals surface area contributed by atoms with Crippen LogP contribution in [0.25, 0.3) is 33.8 Å². The molecule has 0 spiro atoms. The summed E-state index contributed by atoms with van der Waals surface area (Å²) in [5.41, 5.74) is 15.9. The van der Waals surface area contributed by atoms with Gasteiger partial charge in [-0.2, -0.15) is 4.98 Å². The van der Waals surface area contributed by atoms with Gasteiger partial charge in [-0.05, 0) is 37.1 Å². The maximum Gasteiger partial charge on any atom is 0.222 e. The fourth-order valence-corrected chi connectivity index (χ4v) is 3.43. The van der Waals surface area contributed by atoms with E-state index in [9.17, 15) is 0 Å². The zero-order valence-corrected chi connectivity index (χ0v) is 15.3. The minimum Gasteiger partial charge on any atom is -0.497 e. The Hall–Kier alpha value is -3.68. The van der Waals surface area contributed by atoms with E-state index in [4.69, 9.17) is 21.2 Å². The molecule has 1 aliphatic carbocycles. The molecule has 5 rings (SSSR count). The fraction of sp³-hybridized carbons (Fsp3) is 0.200. The van der Waals surface area contributed by atoms with Crippen LogP contribution >= 0.6 is 0 Å². The molecular formula is C20H19N7O. The summed E-state index contributed by atoms with van der Waals surface area (Å²) in [4.78, 5) is 18.0. The van der Waals surface area contributed by atoms with Crippen LogP contribution in [0.1, 0.15) is 18.9 Å². The number of ether oxygens (including phenoxy) is 1. The number of methoxy groups -OCH3 is 1. The first-order valence-corrected chi connectivity index (χ1v) is 9.06. The monoisotopic (exact) mass is 373 g/mol. The van der Waals surface area contributed by atoms with E-state index in [1.54, 1.807) is 13.3 Å². The second kappa shape index (κ2) is 6.19. The zero-order chi connectivity index (χ0) is 19.3. The van der Waals surface area contributed by atoms with Crippen molar-refractivity contribution in [1.29, 1.82) is 0 Å². The van der Waals surface area contributed by atoms with E-state index in [2.05, 4.69) is 19.5 Å². The molecule has 0 bridgehead atoms. The largest absolute Gasteiger partial charge is 0.497 e. The van der Waals surface area contributed by atoms with Crippen molar-refractivity contribution in [2.75, 3.05) is 18.6 Å². The summed E-state index contributed by atoms with van der Waals surface area (Å²) in [6, 6.07) is 11.8. The average molecular weight is 373 g/mol. The molecule has 0 unspecified atom stereocenters. The van der Waals surface area contributed by atoms with Gasteiger partial charge in [0.05, 0.1) is 7.11 Å². The molecular weight excluding hydrogens is 354 g/mol. The van der Waals surface area contributed by atoms with Crippen LogP contribution in [0, 0.1) is 0 Å². The summed E-state index contributed by atoms with van der Waals surface area (Å²) in [6.45, 7) is 0. The highest BCUT2D eigenvalue weighted by Crippen LogP contribution is 2.42. The standard InChI is InChI=1S/C20H19N7O/c1-28-14-4-2-3-11(9-14)16-17-19(26-20(22)25-16)27(13-5-6-13)18(24-17)12-7-8-23-15(21)10-12/h2-4,7-10,13H,5-6H2,1H3,(H2,21,23)(H2,22,25,26). The molecule has 4 N–H and O–H groups in total. The van der Waals surface area contributed by atoms with Gasteiger partial charge in [0.25, 0.3) is 0 Å². The topological polar surface area (TPSA) is 118 Å². The predicted octanol–water partition coefficient (Wildman–Crippen LogP) is 3.06. The maximum absolute atomic E-state index is 6.07. The number of fused-ring (bicyclic) bond motifs is 1. The second-order valence-electron chi connectivity index (χ2n) is 6.84. The Morgan fingerprint density at radius 2 is 1.89 bits per heavy atom. The van der Waals surface area contributed by atoms with Crippen molar-refractivity contribution in [3.8, 4) is 28.4 Å². The molecule has 0 saturated heterocycles. The third-order valence-electron chi connectivity index (χ3n) is 4.85. The van der Waals surface area contributed by atoms with E-state index in [1.807, 2.05) is 36.4 Å². The van der Waals surface area contributed by atoms with E-state index >= 15 is 0 Å². The Morgan fingerprint density at radius 3 is 2.64 bits per heavy atom. The minimum atomic E-state index is 0.216. The number of nitrogen functional groups attached to an aromatic ring is 2. The Morgan fingerprint density at radius 1 is 1.04 bits per heavy atom. The summed E-state index contributed by atoms with van der Waals surface area (Å²) in [6.07, 6.45) is 3.85. The molecule has 140 valence electrons. The van der Waals surface area contributed by atoms with Crippen molar-refractivity contribution in [2.45, 2.75) is 18.9 Å². The summed E-state index contributed by atoms with van der Waals surface area (Å²) >= 11 is 0. The fourth-order valence-electron chi connectivity index (χ4n) is 3.43. The van der Waals surface area contributed by atoms with Gasteiger partial charge in [-0.3, -0.25) is 0 Å². The van der Waals surface area contributed by atoms with Crippen LogP contribution in [-0.4, -0.2) is 31.6 Å². The lowest BCUT2D eigenvalue weighted by Gasteiger charge is -2.08.